The summed E-state index contributed by atoms with van der Waals surface area (Å²) < 4.78 is 35.3. The Labute approximate surface area is 436 Å². The molecule has 1 fully saturated rings. The number of rotatable bonds is 26. The van der Waals surface area contributed by atoms with Crippen LogP contribution in [0.1, 0.15) is 59.2 Å². The molecule has 0 saturated carbocycles. The summed E-state index contributed by atoms with van der Waals surface area (Å²) in [5.41, 5.74) is 5.89. The molecule has 0 aliphatic carbocycles. The first-order valence-electron chi connectivity index (χ1n) is 25.0. The standard InChI is InChI=1S/C48H72N12O14S/c1-33-24-37(25-34(2)46(33)75(72,73)55-39(48(70)71)27-53-47(69)35-8-9-38-36(26-35)28-60(54-38)14-13-50-40-6-3-4-10-49-40)74-23-5-7-41(61)51-11-12-52-42(62)29-56-15-17-57(30-43(63)64)19-21-59(32-45(67)68)22-20-58(18-16-56)31-44(65)66/h8-9,24-26,39,54-55H,3-7,10-23,27-32H2,1-2H3,(H,49,50)(H,51,61)(H,52,62)(H,53,69)(H,63,64)(H,65,66)(H,67,68)(H,70,71). The van der Waals surface area contributed by atoms with Crippen LogP contribution < -0.4 is 36.2 Å². The van der Waals surface area contributed by atoms with Gasteiger partial charge in [-0.15, -0.1) is 0 Å². The molecular weight excluding hydrogens is 1000 g/mol. The van der Waals surface area contributed by atoms with E-state index in [-0.39, 0.29) is 132 Å². The summed E-state index contributed by atoms with van der Waals surface area (Å²) >= 11 is 0. The molecule has 1 atom stereocenters. The lowest BCUT2D eigenvalue weighted by Gasteiger charge is -2.32. The minimum atomic E-state index is -4.41. The van der Waals surface area contributed by atoms with E-state index in [9.17, 15) is 62.4 Å². The van der Waals surface area contributed by atoms with Crippen LogP contribution in [0.25, 0.3) is 0 Å². The molecule has 2 aromatic rings. The molecule has 3 amide bonds. The number of ether oxygens (including phenoxy) is 1. The number of aliphatic carboxylic acids is 4. The molecule has 3 heterocycles. The number of fused-ring (bicyclic) bond motifs is 1. The zero-order valence-electron chi connectivity index (χ0n) is 42.6. The van der Waals surface area contributed by atoms with Crippen molar-refractivity contribution in [2.24, 2.45) is 4.99 Å². The number of hydrogen-bond donors (Lipinski definition) is 10. The molecule has 0 radical (unpaired) electrons. The van der Waals surface area contributed by atoms with E-state index in [1.54, 1.807) is 37.8 Å². The number of aryl methyl sites for hydroxylation is 2. The first-order chi connectivity index (χ1) is 35.7. The van der Waals surface area contributed by atoms with Crippen molar-refractivity contribution < 1.29 is 67.1 Å². The van der Waals surface area contributed by atoms with Crippen molar-refractivity contribution in [2.45, 2.75) is 63.4 Å². The second-order valence-electron chi connectivity index (χ2n) is 18.7. The van der Waals surface area contributed by atoms with Gasteiger partial charge in [-0.2, -0.15) is 4.72 Å². The molecule has 26 nitrogen and oxygen atoms in total. The van der Waals surface area contributed by atoms with Gasteiger partial charge < -0.3 is 51.9 Å². The van der Waals surface area contributed by atoms with Gasteiger partial charge in [0.1, 0.15) is 11.8 Å². The van der Waals surface area contributed by atoms with Gasteiger partial charge in [-0.3, -0.25) is 58.2 Å². The topological polar surface area (TPSA) is 345 Å². The second-order valence-corrected chi connectivity index (χ2v) is 20.3. The van der Waals surface area contributed by atoms with Gasteiger partial charge in [0.25, 0.3) is 5.91 Å². The van der Waals surface area contributed by atoms with Crippen molar-refractivity contribution in [2.75, 3.05) is 130 Å². The van der Waals surface area contributed by atoms with E-state index in [4.69, 9.17) is 4.74 Å². The van der Waals surface area contributed by atoms with Crippen LogP contribution in [-0.4, -0.2) is 231 Å². The van der Waals surface area contributed by atoms with E-state index in [0.29, 0.717) is 37.4 Å². The summed E-state index contributed by atoms with van der Waals surface area (Å²) in [7, 11) is -4.41. The number of hydrazine groups is 1. The number of amidine groups is 1. The van der Waals surface area contributed by atoms with Crippen molar-refractivity contribution >= 4 is 63.1 Å². The molecule has 5 rings (SSSR count). The van der Waals surface area contributed by atoms with Gasteiger partial charge in [0.2, 0.25) is 21.8 Å². The molecule has 0 aromatic heterocycles. The Bertz CT molecular complexity index is 2420. The highest BCUT2D eigenvalue weighted by Gasteiger charge is 2.30. The van der Waals surface area contributed by atoms with E-state index >= 15 is 0 Å². The van der Waals surface area contributed by atoms with Crippen LogP contribution in [-0.2, 0) is 45.3 Å². The summed E-state index contributed by atoms with van der Waals surface area (Å²) in [4.78, 5) is 96.7. The molecular formula is C48H72N12O14S. The number of amides is 3. The zero-order chi connectivity index (χ0) is 54.5. The Kier molecular flexibility index (Phi) is 23.4. The van der Waals surface area contributed by atoms with Gasteiger partial charge in [0.05, 0.1) is 49.2 Å². The number of aliphatic imine (C=N–C) groups is 1. The maximum Gasteiger partial charge on any atom is 0.323 e. The van der Waals surface area contributed by atoms with Gasteiger partial charge >= 0.3 is 23.9 Å². The SMILES string of the molecule is Cc1cc(OCCCC(=O)NCCNC(=O)CN2CCN(CC(=O)O)CCN(CC(=O)O)CCN(CC(=O)O)CC2)cc(C)c1S(=O)(=O)NC(CNC(=O)c1ccc2c(c1)CN(CCNC1=NCCCC1)N2)C(=O)O. The van der Waals surface area contributed by atoms with Gasteiger partial charge in [-0.25, -0.2) is 13.4 Å². The molecule has 1 unspecified atom stereocenters. The number of carbonyl (C=O) groups is 7. The third kappa shape index (κ3) is 20.6. The summed E-state index contributed by atoms with van der Waals surface area (Å²) in [6, 6.07) is 6.38. The lowest BCUT2D eigenvalue weighted by atomic mass is 10.1. The number of carboxylic acids is 4. The van der Waals surface area contributed by atoms with Crippen molar-refractivity contribution in [1.82, 2.24) is 50.6 Å². The highest BCUT2D eigenvalue weighted by molar-refractivity contribution is 7.89. The molecule has 27 heteroatoms. The van der Waals surface area contributed by atoms with Gasteiger partial charge in [0.15, 0.2) is 0 Å². The fourth-order valence-corrected chi connectivity index (χ4v) is 10.4. The highest BCUT2D eigenvalue weighted by atomic mass is 32.2. The number of sulfonamides is 1. The van der Waals surface area contributed by atoms with E-state index in [2.05, 4.69) is 36.4 Å². The average molecular weight is 1070 g/mol. The summed E-state index contributed by atoms with van der Waals surface area (Å²) in [6.07, 6.45) is 3.55. The van der Waals surface area contributed by atoms with Crippen LogP contribution in [0.5, 0.6) is 5.75 Å². The fraction of sp³-hybridized carbons (Fsp3) is 0.583. The number of anilines is 1. The van der Waals surface area contributed by atoms with Crippen LogP contribution in [0.4, 0.5) is 5.69 Å². The zero-order valence-corrected chi connectivity index (χ0v) is 43.4. The van der Waals surface area contributed by atoms with E-state index in [1.807, 2.05) is 5.01 Å². The Balaban J connectivity index is 1.02. The van der Waals surface area contributed by atoms with Crippen LogP contribution >= 0.6 is 0 Å². The number of nitrogens with zero attached hydrogens (tertiary/aromatic N) is 6. The maximum atomic E-state index is 13.6. The molecule has 75 heavy (non-hydrogen) atoms. The van der Waals surface area contributed by atoms with Gasteiger partial charge in [-0.05, 0) is 80.1 Å². The lowest BCUT2D eigenvalue weighted by Crippen LogP contribution is -2.50. The number of nitrogens with one attached hydrogen (secondary N) is 6. The Morgan fingerprint density at radius 1 is 0.720 bits per heavy atom. The Morgan fingerprint density at radius 3 is 1.81 bits per heavy atom. The second kappa shape index (κ2) is 29.6. The molecule has 2 aromatic carbocycles. The predicted octanol–water partition coefficient (Wildman–Crippen LogP) is -1.35. The molecule has 1 saturated heterocycles. The smallest absolute Gasteiger partial charge is 0.323 e. The number of benzene rings is 2. The molecule has 10 N–H and O–H groups in total. The van der Waals surface area contributed by atoms with Crippen LogP contribution in [0.2, 0.25) is 0 Å². The van der Waals surface area contributed by atoms with Gasteiger partial charge in [0, 0.05) is 117 Å². The van der Waals surface area contributed by atoms with Crippen molar-refractivity contribution in [1.29, 1.82) is 0 Å². The largest absolute Gasteiger partial charge is 0.494 e. The predicted molar refractivity (Wildman–Crippen MR) is 274 cm³/mol. The Morgan fingerprint density at radius 2 is 1.28 bits per heavy atom. The van der Waals surface area contributed by atoms with Gasteiger partial charge in [-0.1, -0.05) is 0 Å². The first-order valence-corrected chi connectivity index (χ1v) is 26.5. The Hall–Kier alpha value is -6.49. The number of carboxylic acid groups (broad SMARTS) is 4. The van der Waals surface area contributed by atoms with E-state index in [0.717, 1.165) is 42.9 Å². The maximum absolute atomic E-state index is 13.6. The molecule has 0 spiro atoms. The summed E-state index contributed by atoms with van der Waals surface area (Å²) in [5.74, 6) is -4.54. The van der Waals surface area contributed by atoms with Crippen LogP contribution in [0.3, 0.4) is 0 Å². The fourth-order valence-electron chi connectivity index (χ4n) is 8.80. The minimum absolute atomic E-state index is 0.0752. The molecule has 414 valence electrons. The number of carbonyl (C=O) groups excluding carboxylic acids is 3. The molecule has 3 aliphatic heterocycles. The van der Waals surface area contributed by atoms with Crippen molar-refractivity contribution in [3.05, 3.63) is 52.6 Å². The third-order valence-corrected chi connectivity index (χ3v) is 14.3. The monoisotopic (exact) mass is 1070 g/mol. The van der Waals surface area contributed by atoms with E-state index < -0.39 is 52.4 Å². The minimum Gasteiger partial charge on any atom is -0.494 e. The molecule has 3 aliphatic rings. The number of hydrogen-bond acceptors (Lipinski definition) is 18. The lowest BCUT2D eigenvalue weighted by molar-refractivity contribution is -0.140. The molecule has 0 bridgehead atoms. The van der Waals surface area contributed by atoms with Crippen LogP contribution in [0, 0.1) is 13.8 Å². The van der Waals surface area contributed by atoms with E-state index in [1.165, 1.54) is 26.0 Å². The summed E-state index contributed by atoms with van der Waals surface area (Å²) in [5, 5.41) is 51.7. The average Bonchev–Trinajstić information content (AvgIpc) is 3.75. The first kappa shape index (κ1) is 59.4. The third-order valence-electron chi connectivity index (χ3n) is 12.6. The van der Waals surface area contributed by atoms with Crippen LogP contribution in [0.15, 0.2) is 40.2 Å². The quantitative estimate of drug-likeness (QED) is 0.0487. The normalized spacial score (nSPS) is 17.0. The van der Waals surface area contributed by atoms with Crippen molar-refractivity contribution in [3.63, 3.8) is 0 Å². The highest BCUT2D eigenvalue weighted by Crippen LogP contribution is 2.27. The summed E-state index contributed by atoms with van der Waals surface area (Å²) in [6.45, 7) is 6.79. The van der Waals surface area contributed by atoms with Crippen molar-refractivity contribution in [3.8, 4) is 5.75 Å².